The van der Waals surface area contributed by atoms with Gasteiger partial charge in [0.15, 0.2) is 0 Å². The Bertz CT molecular complexity index is 994. The van der Waals surface area contributed by atoms with Gasteiger partial charge in [0.2, 0.25) is 5.91 Å². The van der Waals surface area contributed by atoms with Crippen LogP contribution < -0.4 is 5.32 Å². The summed E-state index contributed by atoms with van der Waals surface area (Å²) in [6.45, 7) is 8.33. The number of alkyl halides is 3. The third kappa shape index (κ3) is 6.70. The summed E-state index contributed by atoms with van der Waals surface area (Å²) in [6, 6.07) is 5.90. The molecule has 1 amide bonds. The molecule has 0 aliphatic carbocycles. The van der Waals surface area contributed by atoms with E-state index in [4.69, 9.17) is 0 Å². The number of carbonyl (C=O) groups is 1. The molecule has 0 unspecified atom stereocenters. The van der Waals surface area contributed by atoms with Gasteiger partial charge in [-0.3, -0.25) is 4.79 Å². The van der Waals surface area contributed by atoms with Crippen molar-refractivity contribution in [1.82, 2.24) is 20.4 Å². The maximum Gasteiger partial charge on any atom is 0.390 e. The van der Waals surface area contributed by atoms with E-state index < -0.39 is 12.6 Å². The molecule has 1 aliphatic heterocycles. The molecule has 3 rings (SSSR count). The van der Waals surface area contributed by atoms with Gasteiger partial charge >= 0.3 is 6.18 Å². The fraction of sp³-hybridized carbons (Fsp3) is 0.455. The Balaban J connectivity index is 1.63. The zero-order valence-electron chi connectivity index (χ0n) is 18.1. The lowest BCUT2D eigenvalue weighted by Gasteiger charge is -2.31. The molecule has 1 N–H and O–H groups in total. The molecule has 2 aromatic rings. The number of aryl methyl sites for hydroxylation is 2. The first-order valence-corrected chi connectivity index (χ1v) is 11.2. The van der Waals surface area contributed by atoms with Crippen LogP contribution in [0.25, 0.3) is 16.6 Å². The van der Waals surface area contributed by atoms with Gasteiger partial charge in [-0.25, -0.2) is 4.99 Å². The fourth-order valence-corrected chi connectivity index (χ4v) is 4.23. The number of aliphatic imine (C=N–C) groups is 1. The monoisotopic (exact) mass is 465 g/mol. The standard InChI is InChI=1S/C22H26F3N5OS/c1-14-4-5-17(21-29-28-15(2)32-21)12-18(14)13-19(26-3)27-20(31)16-6-9-30(10-7-16)11-8-22(23,24)25/h4-5,12-13,16H,3,6-11H2,1-2H3,(H,27,31)/b19-13+. The number of benzene rings is 1. The Morgan fingerprint density at radius 1 is 1.31 bits per heavy atom. The van der Waals surface area contributed by atoms with Crippen LogP contribution in [0, 0.1) is 19.8 Å². The average molecular weight is 466 g/mol. The topological polar surface area (TPSA) is 70.5 Å². The van der Waals surface area contributed by atoms with Crippen molar-refractivity contribution < 1.29 is 18.0 Å². The highest BCUT2D eigenvalue weighted by Crippen LogP contribution is 2.27. The maximum atomic E-state index is 12.7. The molecule has 2 heterocycles. The van der Waals surface area contributed by atoms with Gasteiger partial charge in [0.25, 0.3) is 0 Å². The minimum atomic E-state index is -4.16. The average Bonchev–Trinajstić information content (AvgIpc) is 3.19. The summed E-state index contributed by atoms with van der Waals surface area (Å²) < 4.78 is 37.2. The van der Waals surface area contributed by atoms with Crippen molar-refractivity contribution in [2.24, 2.45) is 10.9 Å². The zero-order chi connectivity index (χ0) is 23.3. The predicted molar refractivity (Wildman–Crippen MR) is 120 cm³/mol. The number of piperidine rings is 1. The van der Waals surface area contributed by atoms with Crippen LogP contribution in [0.1, 0.15) is 35.4 Å². The van der Waals surface area contributed by atoms with Crippen molar-refractivity contribution in [3.8, 4) is 10.6 Å². The van der Waals surface area contributed by atoms with E-state index in [0.717, 1.165) is 26.7 Å². The molecular weight excluding hydrogens is 439 g/mol. The third-order valence-corrected chi connectivity index (χ3v) is 6.32. The first kappa shape index (κ1) is 24.1. The molecule has 6 nitrogen and oxygen atoms in total. The molecule has 32 heavy (non-hydrogen) atoms. The molecule has 0 radical (unpaired) electrons. The van der Waals surface area contributed by atoms with Crippen molar-refractivity contribution in [2.75, 3.05) is 19.6 Å². The van der Waals surface area contributed by atoms with Gasteiger partial charge < -0.3 is 10.2 Å². The van der Waals surface area contributed by atoms with E-state index in [9.17, 15) is 18.0 Å². The van der Waals surface area contributed by atoms with E-state index >= 15 is 0 Å². The normalized spacial score (nSPS) is 16.2. The van der Waals surface area contributed by atoms with Crippen LogP contribution in [0.5, 0.6) is 0 Å². The van der Waals surface area contributed by atoms with Crippen LogP contribution in [-0.4, -0.2) is 53.5 Å². The zero-order valence-corrected chi connectivity index (χ0v) is 18.9. The van der Waals surface area contributed by atoms with Crippen molar-refractivity contribution in [3.63, 3.8) is 0 Å². The first-order valence-electron chi connectivity index (χ1n) is 10.3. The van der Waals surface area contributed by atoms with E-state index in [2.05, 4.69) is 27.2 Å². The Morgan fingerprint density at radius 3 is 2.62 bits per heavy atom. The highest BCUT2D eigenvalue weighted by Gasteiger charge is 2.30. The number of aromatic nitrogens is 2. The van der Waals surface area contributed by atoms with Gasteiger partial charge in [0.1, 0.15) is 15.8 Å². The number of hydrogen-bond acceptors (Lipinski definition) is 6. The second kappa shape index (κ2) is 10.4. The van der Waals surface area contributed by atoms with Gasteiger partial charge in [-0.2, -0.15) is 13.2 Å². The SMILES string of the molecule is C=N/C(=C\c1cc(-c2nnc(C)s2)ccc1C)NC(=O)C1CCN(CCC(F)(F)F)CC1. The molecular formula is C22H26F3N5OS. The second-order valence-corrected chi connectivity index (χ2v) is 9.04. The Kier molecular flexibility index (Phi) is 7.78. The molecule has 1 aromatic heterocycles. The van der Waals surface area contributed by atoms with Gasteiger partial charge in [-0.15, -0.1) is 10.2 Å². The summed E-state index contributed by atoms with van der Waals surface area (Å²) in [4.78, 5) is 18.4. The summed E-state index contributed by atoms with van der Waals surface area (Å²) in [5, 5.41) is 12.7. The smallest absolute Gasteiger partial charge is 0.310 e. The quantitative estimate of drug-likeness (QED) is 0.607. The first-order chi connectivity index (χ1) is 15.1. The van der Waals surface area contributed by atoms with Gasteiger partial charge in [0.05, 0.1) is 6.42 Å². The molecule has 1 aliphatic rings. The summed E-state index contributed by atoms with van der Waals surface area (Å²) >= 11 is 1.50. The van der Waals surface area contributed by atoms with Gasteiger partial charge in [0, 0.05) is 18.0 Å². The molecule has 1 fully saturated rings. The lowest BCUT2D eigenvalue weighted by atomic mass is 9.95. The largest absolute Gasteiger partial charge is 0.390 e. The molecule has 0 atom stereocenters. The maximum absolute atomic E-state index is 12.7. The van der Waals surface area contributed by atoms with E-state index in [1.54, 1.807) is 11.0 Å². The van der Waals surface area contributed by atoms with Crippen LogP contribution in [0.15, 0.2) is 29.0 Å². The van der Waals surface area contributed by atoms with E-state index in [0.29, 0.717) is 31.8 Å². The molecule has 1 saturated heterocycles. The van der Waals surface area contributed by atoms with Gasteiger partial charge in [-0.05, 0) is 69.8 Å². The summed E-state index contributed by atoms with van der Waals surface area (Å²) in [5.74, 6) is -0.116. The number of likely N-dealkylation sites (tertiary alicyclic amines) is 1. The number of nitrogens with zero attached hydrogens (tertiary/aromatic N) is 4. The molecule has 0 spiro atoms. The van der Waals surface area contributed by atoms with Crippen LogP contribution in [0.3, 0.4) is 0 Å². The Morgan fingerprint density at radius 2 is 2.03 bits per heavy atom. The Hall–Kier alpha value is -2.59. The minimum Gasteiger partial charge on any atom is -0.310 e. The highest BCUT2D eigenvalue weighted by molar-refractivity contribution is 7.14. The van der Waals surface area contributed by atoms with Crippen LogP contribution >= 0.6 is 11.3 Å². The van der Waals surface area contributed by atoms with Crippen molar-refractivity contribution in [2.45, 2.75) is 39.3 Å². The molecule has 0 bridgehead atoms. The Labute approximate surface area is 189 Å². The highest BCUT2D eigenvalue weighted by atomic mass is 32.1. The number of halogens is 3. The number of rotatable bonds is 7. The predicted octanol–water partition coefficient (Wildman–Crippen LogP) is 4.60. The molecule has 172 valence electrons. The molecule has 10 heteroatoms. The van der Waals surface area contributed by atoms with Crippen molar-refractivity contribution >= 4 is 30.0 Å². The van der Waals surface area contributed by atoms with E-state index in [1.165, 1.54) is 11.3 Å². The minimum absolute atomic E-state index is 0.0268. The van der Waals surface area contributed by atoms with Crippen molar-refractivity contribution in [3.05, 3.63) is 40.2 Å². The van der Waals surface area contributed by atoms with E-state index in [-0.39, 0.29) is 18.4 Å². The van der Waals surface area contributed by atoms with Crippen LogP contribution in [-0.2, 0) is 4.79 Å². The number of hydrogen-bond donors (Lipinski definition) is 1. The summed E-state index contributed by atoms with van der Waals surface area (Å²) in [7, 11) is 0. The van der Waals surface area contributed by atoms with Crippen LogP contribution in [0.2, 0.25) is 0 Å². The fourth-order valence-electron chi connectivity index (χ4n) is 3.54. The number of amides is 1. The summed E-state index contributed by atoms with van der Waals surface area (Å²) in [5.41, 5.74) is 2.80. The van der Waals surface area contributed by atoms with Crippen molar-refractivity contribution in [1.29, 1.82) is 0 Å². The van der Waals surface area contributed by atoms with E-state index in [1.807, 2.05) is 32.0 Å². The second-order valence-electron chi connectivity index (χ2n) is 7.86. The molecule has 0 saturated carbocycles. The number of carbonyl (C=O) groups excluding carboxylic acids is 1. The van der Waals surface area contributed by atoms with Crippen LogP contribution in [0.4, 0.5) is 13.2 Å². The molecule has 1 aromatic carbocycles. The lowest BCUT2D eigenvalue weighted by Crippen LogP contribution is -2.41. The van der Waals surface area contributed by atoms with Gasteiger partial charge in [-0.1, -0.05) is 23.5 Å². The summed E-state index contributed by atoms with van der Waals surface area (Å²) in [6.07, 6.45) is -2.20. The number of nitrogens with one attached hydrogen (secondary N) is 1. The third-order valence-electron chi connectivity index (χ3n) is 5.44. The lowest BCUT2D eigenvalue weighted by molar-refractivity contribution is -0.139.